The predicted molar refractivity (Wildman–Crippen MR) is 83.4 cm³/mol. The van der Waals surface area contributed by atoms with Crippen molar-refractivity contribution in [2.45, 2.75) is 17.3 Å². The van der Waals surface area contributed by atoms with Gasteiger partial charge in [0.25, 0.3) is 5.88 Å². The number of nitrogens with zero attached hydrogens (tertiary/aromatic N) is 2. The van der Waals surface area contributed by atoms with Crippen LogP contribution in [0.5, 0.6) is 5.88 Å². The van der Waals surface area contributed by atoms with Gasteiger partial charge in [-0.05, 0) is 18.4 Å². The Labute approximate surface area is 131 Å². The fourth-order valence-corrected chi connectivity index (χ4v) is 4.71. The van der Waals surface area contributed by atoms with E-state index < -0.39 is 5.82 Å². The van der Waals surface area contributed by atoms with Gasteiger partial charge in [-0.15, -0.1) is 11.8 Å². The fourth-order valence-electron chi connectivity index (χ4n) is 2.75. The maximum Gasteiger partial charge on any atom is 0.250 e. The smallest absolute Gasteiger partial charge is 0.250 e. The van der Waals surface area contributed by atoms with Crippen LogP contribution in [0.25, 0.3) is 0 Å². The summed E-state index contributed by atoms with van der Waals surface area (Å²) in [4.78, 5) is 17.6. The number of carbonyl (C=O) groups is 1. The number of halogens is 1. The second kappa shape index (κ2) is 6.04. The minimum absolute atomic E-state index is 0.0304. The van der Waals surface area contributed by atoms with Crippen molar-refractivity contribution in [2.75, 3.05) is 30.9 Å². The molecule has 1 spiro atoms. The third kappa shape index (κ3) is 3.13. The lowest BCUT2D eigenvalue weighted by molar-refractivity contribution is -0.133. The maximum atomic E-state index is 13.5. The molecule has 1 aromatic rings. The first-order valence-corrected chi connectivity index (χ1v) is 9.18. The lowest BCUT2D eigenvalue weighted by Crippen LogP contribution is -2.61. The second-order valence-corrected chi connectivity index (χ2v) is 7.77. The number of amides is 1. The molecule has 0 aromatic carbocycles. The van der Waals surface area contributed by atoms with E-state index in [1.165, 1.54) is 12.3 Å². The number of pyridine rings is 1. The highest BCUT2D eigenvalue weighted by Crippen LogP contribution is 2.46. The number of rotatable bonds is 4. The van der Waals surface area contributed by atoms with Gasteiger partial charge in [-0.2, -0.15) is 11.8 Å². The summed E-state index contributed by atoms with van der Waals surface area (Å²) in [5.41, 5.74) is 0. The molecule has 0 N–H and O–H groups in total. The number of hydrogen-bond donors (Lipinski definition) is 0. The lowest BCUT2D eigenvalue weighted by Gasteiger charge is -2.47. The van der Waals surface area contributed by atoms with Crippen LogP contribution in [0.4, 0.5) is 4.39 Å². The number of thioether (sulfide) groups is 2. The van der Waals surface area contributed by atoms with Crippen molar-refractivity contribution in [3.05, 3.63) is 24.1 Å². The van der Waals surface area contributed by atoms with Crippen LogP contribution in [0.15, 0.2) is 18.3 Å². The molecule has 114 valence electrons. The van der Waals surface area contributed by atoms with Crippen molar-refractivity contribution in [3.63, 3.8) is 0 Å². The zero-order valence-corrected chi connectivity index (χ0v) is 13.4. The highest BCUT2D eigenvalue weighted by atomic mass is 32.2. The van der Waals surface area contributed by atoms with Crippen LogP contribution in [0.1, 0.15) is 6.42 Å². The van der Waals surface area contributed by atoms with Crippen LogP contribution < -0.4 is 4.74 Å². The third-order valence-electron chi connectivity index (χ3n) is 3.76. The molecule has 7 heteroatoms. The molecule has 0 saturated carbocycles. The van der Waals surface area contributed by atoms with Crippen molar-refractivity contribution >= 4 is 29.4 Å². The Morgan fingerprint density at radius 2 is 2.48 bits per heavy atom. The second-order valence-electron chi connectivity index (χ2n) is 5.41. The summed E-state index contributed by atoms with van der Waals surface area (Å²) >= 11 is 3.38. The monoisotopic (exact) mass is 328 g/mol. The topological polar surface area (TPSA) is 42.4 Å². The van der Waals surface area contributed by atoms with E-state index in [1.807, 2.05) is 22.9 Å². The molecule has 0 bridgehead atoms. The van der Waals surface area contributed by atoms with Crippen LogP contribution in [-0.4, -0.2) is 57.5 Å². The molecule has 0 unspecified atom stereocenters. The summed E-state index contributed by atoms with van der Waals surface area (Å²) < 4.78 is 19.3. The summed E-state index contributed by atoms with van der Waals surface area (Å²) in [6.45, 7) is 1.56. The Balaban J connectivity index is 1.53. The summed E-state index contributed by atoms with van der Waals surface area (Å²) in [7, 11) is 0. The Morgan fingerprint density at radius 1 is 1.67 bits per heavy atom. The number of carbonyl (C=O) groups excluding carboxylic acids is 1. The molecular weight excluding hydrogens is 311 g/mol. The third-order valence-corrected chi connectivity index (χ3v) is 5.87. The Bertz CT molecular complexity index is 537. The van der Waals surface area contributed by atoms with E-state index in [0.29, 0.717) is 5.75 Å². The summed E-state index contributed by atoms with van der Waals surface area (Å²) in [6, 6.07) is 2.90. The first kappa shape index (κ1) is 15.0. The predicted octanol–water partition coefficient (Wildman–Crippen LogP) is 2.05. The van der Waals surface area contributed by atoms with Gasteiger partial charge >= 0.3 is 0 Å². The molecule has 2 aliphatic heterocycles. The number of ether oxygens (including phenoxy) is 1. The molecule has 3 heterocycles. The van der Waals surface area contributed by atoms with Crippen molar-refractivity contribution < 1.29 is 13.9 Å². The zero-order valence-electron chi connectivity index (χ0n) is 11.8. The fraction of sp³-hybridized carbons (Fsp3) is 0.571. The Hall–Kier alpha value is -0.950. The van der Waals surface area contributed by atoms with Gasteiger partial charge in [-0.25, -0.2) is 9.37 Å². The van der Waals surface area contributed by atoms with E-state index in [1.54, 1.807) is 17.8 Å². The summed E-state index contributed by atoms with van der Waals surface area (Å²) in [5, 5.41) is 0. The van der Waals surface area contributed by atoms with Crippen LogP contribution in [0.2, 0.25) is 0 Å². The molecule has 2 saturated heterocycles. The lowest BCUT2D eigenvalue weighted by atomic mass is 9.93. The molecule has 1 aromatic heterocycles. The number of likely N-dealkylation sites (tertiary alicyclic amines) is 1. The Kier molecular flexibility index (Phi) is 4.31. The van der Waals surface area contributed by atoms with Crippen molar-refractivity contribution in [1.29, 1.82) is 0 Å². The molecule has 2 aliphatic rings. The van der Waals surface area contributed by atoms with Crippen molar-refractivity contribution in [2.24, 2.45) is 0 Å². The van der Waals surface area contributed by atoms with Crippen LogP contribution in [0.3, 0.4) is 0 Å². The number of aromatic nitrogens is 1. The average molecular weight is 328 g/mol. The normalized spacial score (nSPS) is 23.1. The highest BCUT2D eigenvalue weighted by Gasteiger charge is 2.51. The van der Waals surface area contributed by atoms with E-state index >= 15 is 0 Å². The van der Waals surface area contributed by atoms with Crippen LogP contribution >= 0.6 is 23.5 Å². The first-order valence-electron chi connectivity index (χ1n) is 6.80. The first-order chi connectivity index (χ1) is 10.1. The van der Waals surface area contributed by atoms with Gasteiger partial charge in [0.2, 0.25) is 5.91 Å². The van der Waals surface area contributed by atoms with Crippen LogP contribution in [-0.2, 0) is 4.79 Å². The molecule has 2 fully saturated rings. The standard InChI is InChI=1S/C14H17FN2O2S2/c1-20-7-12(18)17-8-14(9-17)5-10(6-21-14)19-13-11(15)3-2-4-16-13/h2-4,10H,5-9H2,1H3/t10-/m0/s1. The van der Waals surface area contributed by atoms with E-state index in [9.17, 15) is 9.18 Å². The highest BCUT2D eigenvalue weighted by molar-refractivity contribution is 8.01. The summed E-state index contributed by atoms with van der Waals surface area (Å²) in [5.74, 6) is 1.22. The maximum absolute atomic E-state index is 13.5. The molecule has 0 aliphatic carbocycles. The largest absolute Gasteiger partial charge is 0.471 e. The van der Waals surface area contributed by atoms with Crippen LogP contribution in [0, 0.1) is 5.82 Å². The van der Waals surface area contributed by atoms with E-state index in [0.717, 1.165) is 25.3 Å². The summed E-state index contributed by atoms with van der Waals surface area (Å²) in [6.07, 6.45) is 4.28. The van der Waals surface area contributed by atoms with Gasteiger partial charge in [0.1, 0.15) is 6.10 Å². The van der Waals surface area contributed by atoms with Gasteiger partial charge in [-0.1, -0.05) is 0 Å². The Morgan fingerprint density at radius 3 is 3.19 bits per heavy atom. The quantitative estimate of drug-likeness (QED) is 0.846. The molecular formula is C14H17FN2O2S2. The molecule has 4 nitrogen and oxygen atoms in total. The van der Waals surface area contributed by atoms with E-state index in [-0.39, 0.29) is 22.6 Å². The minimum Gasteiger partial charge on any atom is -0.471 e. The van der Waals surface area contributed by atoms with Gasteiger partial charge in [0.15, 0.2) is 5.82 Å². The average Bonchev–Trinajstić information content (AvgIpc) is 2.84. The molecule has 21 heavy (non-hydrogen) atoms. The van der Waals surface area contributed by atoms with Crippen molar-refractivity contribution in [1.82, 2.24) is 9.88 Å². The zero-order chi connectivity index (χ0) is 14.9. The minimum atomic E-state index is -0.422. The molecule has 1 atom stereocenters. The van der Waals surface area contributed by atoms with Gasteiger partial charge in [-0.3, -0.25) is 4.79 Å². The van der Waals surface area contributed by atoms with Gasteiger partial charge < -0.3 is 9.64 Å². The van der Waals surface area contributed by atoms with Gasteiger partial charge in [0, 0.05) is 31.5 Å². The van der Waals surface area contributed by atoms with E-state index in [4.69, 9.17) is 4.74 Å². The molecule has 1 amide bonds. The number of hydrogen-bond acceptors (Lipinski definition) is 5. The van der Waals surface area contributed by atoms with Crippen molar-refractivity contribution in [3.8, 4) is 5.88 Å². The molecule has 0 radical (unpaired) electrons. The SMILES string of the molecule is CSCC(=O)N1CC2(C[C@H](Oc3ncccc3F)CS2)C1. The van der Waals surface area contributed by atoms with Gasteiger partial charge in [0.05, 0.1) is 10.5 Å². The van der Waals surface area contributed by atoms with E-state index in [2.05, 4.69) is 4.98 Å². The molecule has 3 rings (SSSR count).